The van der Waals surface area contributed by atoms with Gasteiger partial charge in [-0.3, -0.25) is 4.90 Å². The van der Waals surface area contributed by atoms with E-state index in [1.54, 1.807) is 4.68 Å². The van der Waals surface area contributed by atoms with Gasteiger partial charge in [-0.05, 0) is 38.1 Å². The first kappa shape index (κ1) is 18.5. The first-order chi connectivity index (χ1) is 12.9. The van der Waals surface area contributed by atoms with Gasteiger partial charge in [-0.15, -0.1) is 0 Å². The summed E-state index contributed by atoms with van der Waals surface area (Å²) in [6.45, 7) is 2.63. The maximum absolute atomic E-state index is 13.8. The van der Waals surface area contributed by atoms with Crippen molar-refractivity contribution in [3.8, 4) is 11.3 Å². The zero-order valence-electron chi connectivity index (χ0n) is 15.3. The first-order valence-corrected chi connectivity index (χ1v) is 9.28. The molecule has 2 N–H and O–H groups in total. The van der Waals surface area contributed by atoms with E-state index in [1.165, 1.54) is 6.07 Å². The molecule has 1 atom stereocenters. The average Bonchev–Trinajstić information content (AvgIpc) is 3.02. The fraction of sp³-hybridized carbons (Fsp3) is 0.526. The van der Waals surface area contributed by atoms with Crippen molar-refractivity contribution < 1.29 is 19.0 Å². The number of likely N-dealkylation sites (tertiary alicyclic amines) is 1. The lowest BCUT2D eigenvalue weighted by Crippen LogP contribution is -2.42. The summed E-state index contributed by atoms with van der Waals surface area (Å²) >= 11 is 0. The zero-order chi connectivity index (χ0) is 19.1. The van der Waals surface area contributed by atoms with Crippen LogP contribution in [0.15, 0.2) is 18.2 Å². The summed E-state index contributed by atoms with van der Waals surface area (Å²) in [6.07, 6.45) is 0.675. The Kier molecular flexibility index (Phi) is 4.98. The number of nitrogens with zero attached hydrogens (tertiary/aromatic N) is 4. The van der Waals surface area contributed by atoms with Gasteiger partial charge in [0.05, 0.1) is 11.8 Å². The third-order valence-electron chi connectivity index (χ3n) is 5.51. The van der Waals surface area contributed by atoms with Gasteiger partial charge in [0.15, 0.2) is 11.6 Å². The number of aliphatic hydroxyl groups excluding tert-OH is 2. The van der Waals surface area contributed by atoms with Crippen LogP contribution in [0.3, 0.4) is 0 Å². The number of likely N-dealkylation sites (N-methyl/N-ethyl adjacent to an activating group) is 1. The van der Waals surface area contributed by atoms with E-state index in [0.29, 0.717) is 43.7 Å². The number of halogens is 2. The van der Waals surface area contributed by atoms with Crippen molar-refractivity contribution in [2.75, 3.05) is 26.7 Å². The van der Waals surface area contributed by atoms with Crippen LogP contribution < -0.4 is 0 Å². The van der Waals surface area contributed by atoms with Gasteiger partial charge in [0.2, 0.25) is 6.35 Å². The highest BCUT2D eigenvalue weighted by molar-refractivity contribution is 5.64. The van der Waals surface area contributed by atoms with Crippen molar-refractivity contribution in [2.24, 2.45) is 0 Å². The lowest BCUT2D eigenvalue weighted by Gasteiger charge is -2.34. The highest BCUT2D eigenvalue weighted by Gasteiger charge is 2.30. The Morgan fingerprint density at radius 1 is 1.15 bits per heavy atom. The number of rotatable bonds is 3. The molecule has 1 saturated heterocycles. The molecule has 4 rings (SSSR count). The fourth-order valence-corrected chi connectivity index (χ4v) is 3.92. The third-order valence-corrected chi connectivity index (χ3v) is 5.51. The predicted molar refractivity (Wildman–Crippen MR) is 95.7 cm³/mol. The van der Waals surface area contributed by atoms with Crippen LogP contribution in [0.2, 0.25) is 0 Å². The number of benzene rings is 1. The third kappa shape index (κ3) is 3.50. The monoisotopic (exact) mass is 378 g/mol. The Hall–Kier alpha value is -1.87. The van der Waals surface area contributed by atoms with E-state index in [1.807, 2.05) is 11.9 Å². The maximum atomic E-state index is 13.8. The molecule has 146 valence electrons. The molecule has 0 spiro atoms. The molecule has 0 bridgehead atoms. The molecule has 27 heavy (non-hydrogen) atoms. The molecule has 1 unspecified atom stereocenters. The molecule has 6 nitrogen and oxygen atoms in total. The largest absolute Gasteiger partial charge is 0.393 e. The van der Waals surface area contributed by atoms with Crippen LogP contribution in [0.25, 0.3) is 11.3 Å². The van der Waals surface area contributed by atoms with Crippen molar-refractivity contribution in [3.63, 3.8) is 0 Å². The second kappa shape index (κ2) is 7.27. The molecule has 0 saturated carbocycles. The molecule has 2 aliphatic heterocycles. The number of aliphatic hydroxyl groups is 2. The van der Waals surface area contributed by atoms with Gasteiger partial charge in [-0.25, -0.2) is 13.5 Å². The Morgan fingerprint density at radius 2 is 1.89 bits per heavy atom. The molecule has 3 heterocycles. The molecule has 1 fully saturated rings. The maximum Gasteiger partial charge on any atom is 0.206 e. The molecule has 0 radical (unpaired) electrons. The lowest BCUT2D eigenvalue weighted by atomic mass is 10.0. The molecule has 1 aromatic heterocycles. The normalized spacial score (nSPS) is 20.6. The summed E-state index contributed by atoms with van der Waals surface area (Å²) < 4.78 is 28.7. The van der Waals surface area contributed by atoms with Crippen LogP contribution in [0.1, 0.15) is 30.5 Å². The zero-order valence-corrected chi connectivity index (χ0v) is 15.3. The van der Waals surface area contributed by atoms with Crippen molar-refractivity contribution in [1.82, 2.24) is 19.6 Å². The molecule has 0 amide bonds. The highest BCUT2D eigenvalue weighted by Crippen LogP contribution is 2.32. The van der Waals surface area contributed by atoms with Crippen molar-refractivity contribution in [1.29, 1.82) is 0 Å². The minimum Gasteiger partial charge on any atom is -0.393 e. The highest BCUT2D eigenvalue weighted by atomic mass is 19.2. The summed E-state index contributed by atoms with van der Waals surface area (Å²) in [5.41, 5.74) is 2.93. The van der Waals surface area contributed by atoms with E-state index in [0.717, 1.165) is 36.4 Å². The van der Waals surface area contributed by atoms with Gasteiger partial charge in [0.1, 0.15) is 0 Å². The number of hydrogen-bond acceptors (Lipinski definition) is 5. The quantitative estimate of drug-likeness (QED) is 0.852. The van der Waals surface area contributed by atoms with Crippen LogP contribution in [0.4, 0.5) is 8.78 Å². The van der Waals surface area contributed by atoms with Crippen LogP contribution in [-0.4, -0.2) is 62.6 Å². The summed E-state index contributed by atoms with van der Waals surface area (Å²) in [4.78, 5) is 4.02. The minimum absolute atomic E-state index is 0.327. The molecule has 8 heteroatoms. The van der Waals surface area contributed by atoms with E-state index in [4.69, 9.17) is 0 Å². The van der Waals surface area contributed by atoms with Crippen LogP contribution in [0, 0.1) is 11.6 Å². The van der Waals surface area contributed by atoms with E-state index in [-0.39, 0.29) is 6.10 Å². The van der Waals surface area contributed by atoms with Gasteiger partial charge < -0.3 is 15.1 Å². The lowest BCUT2D eigenvalue weighted by molar-refractivity contribution is -0.0879. The molecular weight excluding hydrogens is 354 g/mol. The minimum atomic E-state index is -0.936. The van der Waals surface area contributed by atoms with E-state index in [9.17, 15) is 19.0 Å². The number of piperidine rings is 1. The van der Waals surface area contributed by atoms with Crippen molar-refractivity contribution >= 4 is 0 Å². The number of fused-ring (bicyclic) bond motifs is 1. The van der Waals surface area contributed by atoms with E-state index in [2.05, 4.69) is 10.00 Å². The van der Waals surface area contributed by atoms with Gasteiger partial charge >= 0.3 is 0 Å². The predicted octanol–water partition coefficient (Wildman–Crippen LogP) is 1.72. The Bertz CT molecular complexity index is 833. The second-order valence-corrected chi connectivity index (χ2v) is 7.45. The summed E-state index contributed by atoms with van der Waals surface area (Å²) in [7, 11) is 2.00. The van der Waals surface area contributed by atoms with Crippen LogP contribution in [-0.2, 0) is 13.0 Å². The van der Waals surface area contributed by atoms with Crippen LogP contribution in [0.5, 0.6) is 0 Å². The smallest absolute Gasteiger partial charge is 0.206 e. The molecule has 1 aromatic carbocycles. The van der Waals surface area contributed by atoms with E-state index >= 15 is 0 Å². The Labute approximate surface area is 156 Å². The molecule has 2 aromatic rings. The summed E-state index contributed by atoms with van der Waals surface area (Å²) in [5, 5.41) is 25.2. The van der Waals surface area contributed by atoms with Gasteiger partial charge in [-0.2, -0.15) is 5.10 Å². The SMILES string of the molecule is CN1CCc2c(c(-c3ccc(F)c(F)c3)nn2C(O)N2CCC(O)CC2)C1. The first-order valence-electron chi connectivity index (χ1n) is 9.28. The van der Waals surface area contributed by atoms with Crippen LogP contribution >= 0.6 is 0 Å². The van der Waals surface area contributed by atoms with E-state index < -0.39 is 18.0 Å². The Morgan fingerprint density at radius 3 is 2.59 bits per heavy atom. The molecular formula is C19H24F2N4O2. The van der Waals surface area contributed by atoms with Gasteiger partial charge in [0.25, 0.3) is 0 Å². The van der Waals surface area contributed by atoms with Crippen molar-refractivity contribution in [2.45, 2.75) is 38.3 Å². The molecule has 0 aliphatic carbocycles. The van der Waals surface area contributed by atoms with Gasteiger partial charge in [0, 0.05) is 49.4 Å². The number of aromatic nitrogens is 2. The van der Waals surface area contributed by atoms with Gasteiger partial charge in [-0.1, -0.05) is 0 Å². The summed E-state index contributed by atoms with van der Waals surface area (Å²) in [5.74, 6) is -1.80. The second-order valence-electron chi connectivity index (χ2n) is 7.45. The number of hydrogen-bond donors (Lipinski definition) is 2. The van der Waals surface area contributed by atoms with Crippen molar-refractivity contribution in [3.05, 3.63) is 41.1 Å². The summed E-state index contributed by atoms with van der Waals surface area (Å²) in [6, 6.07) is 3.77. The fourth-order valence-electron chi connectivity index (χ4n) is 3.92. The average molecular weight is 378 g/mol. The topological polar surface area (TPSA) is 64.8 Å². The standard InChI is InChI=1S/C19H24F2N4O2/c1-23-7-6-17-14(11-23)18(12-2-3-15(20)16(21)10-12)22-25(17)19(27)24-8-4-13(26)5-9-24/h2-3,10,13,19,26-27H,4-9,11H2,1H3. The molecule has 2 aliphatic rings. The Balaban J connectivity index is 1.73.